The molecule has 0 saturated heterocycles. The van der Waals surface area contributed by atoms with Crippen LogP contribution in [0.2, 0.25) is 0 Å². The van der Waals surface area contributed by atoms with Crippen molar-refractivity contribution in [3.8, 4) is 22.3 Å². The maximum Gasteiger partial charge on any atom is 0.207 e. The summed E-state index contributed by atoms with van der Waals surface area (Å²) in [6.07, 6.45) is 5.63. The van der Waals surface area contributed by atoms with Gasteiger partial charge in [-0.15, -0.1) is 11.3 Å². The summed E-state index contributed by atoms with van der Waals surface area (Å²) in [4.78, 5) is 3.34. The molecule has 3 fully saturated rings. The molecule has 1 aromatic heterocycles. The lowest BCUT2D eigenvalue weighted by Gasteiger charge is -2.51. The Bertz CT molecular complexity index is 3310. The molecule has 3 nitrogen and oxygen atoms in total. The Balaban J connectivity index is 1.04. The fourth-order valence-corrected chi connectivity index (χ4v) is 14.8. The second-order valence-electron chi connectivity index (χ2n) is 17.7. The van der Waals surface area contributed by atoms with Crippen LogP contribution < -0.4 is 4.90 Å². The van der Waals surface area contributed by atoms with E-state index in [1.165, 1.54) is 49.7 Å². The highest BCUT2D eigenvalue weighted by molar-refractivity contribution is 7.91. The molecule has 1 aliphatic heterocycles. The van der Waals surface area contributed by atoms with Gasteiger partial charge in [0, 0.05) is 42.3 Å². The average molecular weight is 828 g/mol. The third-order valence-electron chi connectivity index (χ3n) is 14.6. The Morgan fingerprint density at radius 1 is 0.590 bits per heavy atom. The van der Waals surface area contributed by atoms with Gasteiger partial charge in [-0.25, -0.2) is 8.42 Å². The minimum atomic E-state index is -3.73. The number of thiophene rings is 1. The molecular weight excluding hydrogens is 783 g/mol. The van der Waals surface area contributed by atoms with E-state index in [0.717, 1.165) is 63.8 Å². The predicted octanol–water partition coefficient (Wildman–Crippen LogP) is 15.3. The topological polar surface area (TPSA) is 37.4 Å². The molecule has 61 heavy (non-hydrogen) atoms. The molecule has 2 heterocycles. The molecule has 0 N–H and O–H groups in total. The summed E-state index contributed by atoms with van der Waals surface area (Å²) in [5, 5.41) is 4.90. The van der Waals surface area contributed by atoms with Crippen molar-refractivity contribution < 1.29 is 8.42 Å². The van der Waals surface area contributed by atoms with Crippen LogP contribution in [-0.4, -0.2) is 8.42 Å². The number of rotatable bonds is 5. The fraction of sp³-hybridized carbons (Fsp3) is 0.179. The fourth-order valence-electron chi connectivity index (χ4n) is 11.8. The first-order valence-corrected chi connectivity index (χ1v) is 24.1. The number of hydrogen-bond donors (Lipinski definition) is 0. The van der Waals surface area contributed by atoms with Gasteiger partial charge in [-0.3, -0.25) is 0 Å². The Morgan fingerprint density at radius 2 is 1.26 bits per heavy atom. The molecule has 4 aliphatic rings. The van der Waals surface area contributed by atoms with Gasteiger partial charge in [-0.2, -0.15) is 0 Å². The quantitative estimate of drug-likeness (QED) is 0.173. The van der Waals surface area contributed by atoms with Gasteiger partial charge in [0.05, 0.1) is 15.5 Å². The molecule has 3 saturated carbocycles. The van der Waals surface area contributed by atoms with Crippen LogP contribution in [0.1, 0.15) is 50.2 Å². The third-order valence-corrected chi connectivity index (χ3v) is 17.6. The van der Waals surface area contributed by atoms with Crippen molar-refractivity contribution in [1.29, 1.82) is 0 Å². The smallest absolute Gasteiger partial charge is 0.207 e. The predicted molar refractivity (Wildman–Crippen MR) is 254 cm³/mol. The monoisotopic (exact) mass is 827 g/mol. The second kappa shape index (κ2) is 14.0. The molecule has 13 rings (SSSR count). The number of anilines is 3. The Labute approximate surface area is 361 Å². The first-order chi connectivity index (χ1) is 29.9. The van der Waals surface area contributed by atoms with Gasteiger partial charge in [0.1, 0.15) is 0 Å². The molecular formula is C56H45NO2S2. The molecule has 2 bridgehead atoms. The van der Waals surface area contributed by atoms with Crippen LogP contribution in [-0.2, 0) is 15.3 Å². The van der Waals surface area contributed by atoms with Crippen LogP contribution in [0.5, 0.6) is 0 Å². The van der Waals surface area contributed by atoms with E-state index in [-0.39, 0.29) is 5.41 Å². The summed E-state index contributed by atoms with van der Waals surface area (Å²) >= 11 is 1.85. The largest absolute Gasteiger partial charge is 0.310 e. The second-order valence-corrected chi connectivity index (χ2v) is 20.6. The van der Waals surface area contributed by atoms with Crippen molar-refractivity contribution in [3.05, 3.63) is 187 Å². The number of benzene rings is 8. The molecule has 9 aromatic rings. The van der Waals surface area contributed by atoms with Crippen molar-refractivity contribution in [2.45, 2.75) is 54.2 Å². The normalized spacial score (nSPS) is 21.4. The zero-order chi connectivity index (χ0) is 40.9. The number of fused-ring (bicyclic) bond motifs is 9. The van der Waals surface area contributed by atoms with Crippen LogP contribution in [0.15, 0.2) is 186 Å². The van der Waals surface area contributed by atoms with Gasteiger partial charge in [-0.1, -0.05) is 141 Å². The van der Waals surface area contributed by atoms with Crippen molar-refractivity contribution >= 4 is 69.2 Å². The molecule has 0 amide bonds. The van der Waals surface area contributed by atoms with E-state index in [4.69, 9.17) is 0 Å². The molecule has 8 aromatic carbocycles. The van der Waals surface area contributed by atoms with Crippen molar-refractivity contribution in [3.63, 3.8) is 0 Å². The van der Waals surface area contributed by atoms with Gasteiger partial charge in [0.2, 0.25) is 9.84 Å². The maximum atomic E-state index is 14.7. The van der Waals surface area contributed by atoms with Crippen LogP contribution >= 0.6 is 11.3 Å². The van der Waals surface area contributed by atoms with E-state index in [1.54, 1.807) is 0 Å². The number of hydrogen-bond acceptors (Lipinski definition) is 4. The summed E-state index contributed by atoms with van der Waals surface area (Å²) in [5.41, 5.74) is 9.47. The highest BCUT2D eigenvalue weighted by atomic mass is 32.2. The van der Waals surface area contributed by atoms with Gasteiger partial charge in [-0.05, 0) is 130 Å². The van der Waals surface area contributed by atoms with Gasteiger partial charge < -0.3 is 4.90 Å². The van der Waals surface area contributed by atoms with Gasteiger partial charge in [0.15, 0.2) is 0 Å². The van der Waals surface area contributed by atoms with Crippen molar-refractivity contribution in [2.24, 2.45) is 17.8 Å². The summed E-state index contributed by atoms with van der Waals surface area (Å²) in [7, 11) is -3.73. The first-order valence-electron chi connectivity index (χ1n) is 21.8. The summed E-state index contributed by atoms with van der Waals surface area (Å²) in [6.45, 7) is 2.42. The number of sulfone groups is 1. The first kappa shape index (κ1) is 36.8. The SMILES string of the molecule is C[C@@H]1C[C@H]2CCCC1CC21c2ccccc2S(=O)(=O)c2ccc(N(c3ccc(-c4ccccc4-c4cccc5sc6ccccc6c45)cc3)c3cccc4ccccc34)cc21. The molecule has 0 radical (unpaired) electrons. The summed E-state index contributed by atoms with van der Waals surface area (Å²) in [6, 6.07) is 62.4. The average Bonchev–Trinajstić information content (AvgIpc) is 3.46. The van der Waals surface area contributed by atoms with E-state index in [0.29, 0.717) is 27.5 Å². The van der Waals surface area contributed by atoms with Crippen molar-refractivity contribution in [1.82, 2.24) is 0 Å². The van der Waals surface area contributed by atoms with Crippen LogP contribution in [0.3, 0.4) is 0 Å². The van der Waals surface area contributed by atoms with Crippen LogP contribution in [0, 0.1) is 17.8 Å². The Kier molecular flexibility index (Phi) is 8.46. The van der Waals surface area contributed by atoms with Gasteiger partial charge >= 0.3 is 0 Å². The highest BCUT2D eigenvalue weighted by Gasteiger charge is 2.55. The lowest BCUT2D eigenvalue weighted by molar-refractivity contribution is 0.131. The molecule has 1 spiro atoms. The summed E-state index contributed by atoms with van der Waals surface area (Å²) in [5.74, 6) is 1.55. The van der Waals surface area contributed by atoms with E-state index >= 15 is 0 Å². The maximum absolute atomic E-state index is 14.7. The summed E-state index contributed by atoms with van der Waals surface area (Å²) < 4.78 is 32.0. The van der Waals surface area contributed by atoms with Crippen LogP contribution in [0.25, 0.3) is 53.2 Å². The van der Waals surface area contributed by atoms with Crippen molar-refractivity contribution in [2.75, 3.05) is 4.90 Å². The van der Waals surface area contributed by atoms with E-state index in [9.17, 15) is 8.42 Å². The minimum Gasteiger partial charge on any atom is -0.310 e. The van der Waals surface area contributed by atoms with E-state index < -0.39 is 9.84 Å². The van der Waals surface area contributed by atoms with Crippen LogP contribution in [0.4, 0.5) is 17.1 Å². The molecule has 5 heteroatoms. The third kappa shape index (κ3) is 5.56. The lowest BCUT2D eigenvalue weighted by Crippen LogP contribution is -2.46. The molecule has 2 unspecified atom stereocenters. The standard InChI is InChI=1S/C56H45NO2S2/c1-36-33-40-16-10-15-39(36)35-56(40)48-22-7-9-26-53(48)61(58,59)54-32-31-42(34-49(54)56)57(50-23-11-14-37-13-2-3-18-44(37)50)41-29-27-38(28-30-41)43-17-4-5-19-45(43)46-21-12-25-52-55(46)47-20-6-8-24-51(47)60-52/h2-9,11-14,17-32,34,36,39-40H,10,15-16,33,35H2,1H3/t36-,39?,40-,56?/m1/s1. The highest BCUT2D eigenvalue weighted by Crippen LogP contribution is 2.62. The molecule has 4 atom stereocenters. The van der Waals surface area contributed by atoms with E-state index in [1.807, 2.05) is 35.6 Å². The van der Waals surface area contributed by atoms with Gasteiger partial charge in [0.25, 0.3) is 0 Å². The molecule has 298 valence electrons. The van der Waals surface area contributed by atoms with E-state index in [2.05, 4.69) is 163 Å². The molecule has 3 aliphatic carbocycles. The Morgan fingerprint density at radius 3 is 2.15 bits per heavy atom. The Hall–Kier alpha value is -6.01. The lowest BCUT2D eigenvalue weighted by atomic mass is 9.55. The zero-order valence-electron chi connectivity index (χ0n) is 34.1. The minimum absolute atomic E-state index is 0.366. The zero-order valence-corrected chi connectivity index (χ0v) is 35.7. The number of nitrogens with zero attached hydrogens (tertiary/aromatic N) is 1.